The highest BCUT2D eigenvalue weighted by atomic mass is 19.1. The van der Waals surface area contributed by atoms with E-state index in [0.717, 1.165) is 6.07 Å². The van der Waals surface area contributed by atoms with Gasteiger partial charge in [-0.2, -0.15) is 4.98 Å². The molecule has 0 unspecified atom stereocenters. The van der Waals surface area contributed by atoms with Gasteiger partial charge in [-0.05, 0) is 18.2 Å². The van der Waals surface area contributed by atoms with Crippen molar-refractivity contribution in [2.45, 2.75) is 0 Å². The molecule has 0 amide bonds. The maximum Gasteiger partial charge on any atom is 0.262 e. The molecule has 0 saturated carbocycles. The second kappa shape index (κ2) is 3.99. The summed E-state index contributed by atoms with van der Waals surface area (Å²) in [6, 6.07) is 5.24. The molecule has 1 aromatic carbocycles. The zero-order valence-electron chi connectivity index (χ0n) is 9.00. The van der Waals surface area contributed by atoms with E-state index in [1.165, 1.54) is 24.7 Å². The van der Waals surface area contributed by atoms with E-state index >= 15 is 0 Å². The number of furan rings is 1. The zero-order valence-corrected chi connectivity index (χ0v) is 9.00. The molecule has 3 aromatic rings. The van der Waals surface area contributed by atoms with Crippen LogP contribution in [0.2, 0.25) is 0 Å². The molecule has 0 radical (unpaired) electrons. The largest absolute Gasteiger partial charge is 0.507 e. The van der Waals surface area contributed by atoms with Gasteiger partial charge >= 0.3 is 0 Å². The average molecular weight is 246 g/mol. The predicted octanol–water partition coefficient (Wildman–Crippen LogP) is 2.84. The molecule has 2 aromatic heterocycles. The Balaban J connectivity index is 2.03. The zero-order chi connectivity index (χ0) is 12.5. The molecule has 6 heteroatoms. The average Bonchev–Trinajstić information content (AvgIpc) is 2.99. The number of phenols is 1. The van der Waals surface area contributed by atoms with Crippen LogP contribution in [0.3, 0.4) is 0 Å². The fourth-order valence-corrected chi connectivity index (χ4v) is 1.53. The molecule has 1 N–H and O–H groups in total. The van der Waals surface area contributed by atoms with Crippen molar-refractivity contribution < 1.29 is 18.4 Å². The van der Waals surface area contributed by atoms with Crippen LogP contribution in [0.15, 0.2) is 45.7 Å². The summed E-state index contributed by atoms with van der Waals surface area (Å²) < 4.78 is 22.8. The molecule has 5 nitrogen and oxygen atoms in total. The Morgan fingerprint density at radius 3 is 2.83 bits per heavy atom. The molecule has 0 spiro atoms. The standard InChI is InChI=1S/C12H7FN2O3/c13-8-1-2-9(10(16)5-8)12-14-11(15-18-12)7-3-4-17-6-7/h1-6,16H. The number of benzene rings is 1. The number of halogens is 1. The number of hydrogen-bond donors (Lipinski definition) is 1. The summed E-state index contributed by atoms with van der Waals surface area (Å²) in [5.41, 5.74) is 0.935. The maximum absolute atomic E-state index is 12.9. The summed E-state index contributed by atoms with van der Waals surface area (Å²) in [5.74, 6) is -0.339. The summed E-state index contributed by atoms with van der Waals surface area (Å²) in [4.78, 5) is 4.09. The predicted molar refractivity (Wildman–Crippen MR) is 59.1 cm³/mol. The smallest absolute Gasteiger partial charge is 0.262 e. The highest BCUT2D eigenvalue weighted by Gasteiger charge is 2.14. The van der Waals surface area contributed by atoms with Crippen molar-refractivity contribution >= 4 is 0 Å². The SMILES string of the molecule is Oc1cc(F)ccc1-c1nc(-c2ccoc2)no1. The molecule has 90 valence electrons. The van der Waals surface area contributed by atoms with Crippen LogP contribution in [0.5, 0.6) is 5.75 Å². The minimum atomic E-state index is -0.536. The summed E-state index contributed by atoms with van der Waals surface area (Å²) in [6.45, 7) is 0. The van der Waals surface area contributed by atoms with Crippen LogP contribution in [0.4, 0.5) is 4.39 Å². The van der Waals surface area contributed by atoms with E-state index < -0.39 is 5.82 Å². The number of nitrogens with zero attached hydrogens (tertiary/aromatic N) is 2. The van der Waals surface area contributed by atoms with E-state index in [4.69, 9.17) is 8.94 Å². The summed E-state index contributed by atoms with van der Waals surface area (Å²) >= 11 is 0. The van der Waals surface area contributed by atoms with Gasteiger partial charge in [-0.25, -0.2) is 4.39 Å². The van der Waals surface area contributed by atoms with Crippen LogP contribution in [0.1, 0.15) is 0 Å². The first-order valence-electron chi connectivity index (χ1n) is 5.09. The topological polar surface area (TPSA) is 72.3 Å². The first kappa shape index (κ1) is 10.5. The normalized spacial score (nSPS) is 10.7. The van der Waals surface area contributed by atoms with E-state index in [9.17, 15) is 9.50 Å². The van der Waals surface area contributed by atoms with Gasteiger partial charge in [0, 0.05) is 6.07 Å². The highest BCUT2D eigenvalue weighted by Crippen LogP contribution is 2.29. The highest BCUT2D eigenvalue weighted by molar-refractivity contribution is 5.64. The Labute approximate surface area is 100 Å². The Kier molecular flexibility index (Phi) is 2.33. The molecule has 0 aliphatic heterocycles. The lowest BCUT2D eigenvalue weighted by atomic mass is 10.2. The molecular weight excluding hydrogens is 239 g/mol. The summed E-state index contributed by atoms with van der Waals surface area (Å²) in [6.07, 6.45) is 2.96. The van der Waals surface area contributed by atoms with Crippen LogP contribution in [0, 0.1) is 5.82 Å². The van der Waals surface area contributed by atoms with Gasteiger partial charge in [-0.1, -0.05) is 5.16 Å². The van der Waals surface area contributed by atoms with Gasteiger partial charge in [0.15, 0.2) is 0 Å². The van der Waals surface area contributed by atoms with E-state index in [1.54, 1.807) is 6.07 Å². The fraction of sp³-hybridized carbons (Fsp3) is 0. The molecule has 0 bridgehead atoms. The molecule has 18 heavy (non-hydrogen) atoms. The van der Waals surface area contributed by atoms with Gasteiger partial charge in [-0.15, -0.1) is 0 Å². The monoisotopic (exact) mass is 246 g/mol. The van der Waals surface area contributed by atoms with Crippen LogP contribution in [0.25, 0.3) is 22.8 Å². The molecule has 0 atom stereocenters. The van der Waals surface area contributed by atoms with Crippen molar-refractivity contribution in [3.63, 3.8) is 0 Å². The quantitative estimate of drug-likeness (QED) is 0.752. The Morgan fingerprint density at radius 2 is 2.11 bits per heavy atom. The minimum Gasteiger partial charge on any atom is -0.507 e. The Bertz CT molecular complexity index is 676. The van der Waals surface area contributed by atoms with Crippen molar-refractivity contribution in [1.29, 1.82) is 0 Å². The molecule has 0 aliphatic rings. The second-order valence-electron chi connectivity index (χ2n) is 3.60. The number of aromatic nitrogens is 2. The molecule has 3 rings (SSSR count). The van der Waals surface area contributed by atoms with Gasteiger partial charge in [0.1, 0.15) is 17.8 Å². The number of hydrogen-bond acceptors (Lipinski definition) is 5. The molecule has 0 saturated heterocycles. The van der Waals surface area contributed by atoms with Crippen molar-refractivity contribution in [2.75, 3.05) is 0 Å². The Hall–Kier alpha value is -2.63. The lowest BCUT2D eigenvalue weighted by Crippen LogP contribution is -1.82. The van der Waals surface area contributed by atoms with Crippen molar-refractivity contribution in [2.24, 2.45) is 0 Å². The van der Waals surface area contributed by atoms with Gasteiger partial charge in [0.05, 0.1) is 17.4 Å². The van der Waals surface area contributed by atoms with Gasteiger partial charge in [0.2, 0.25) is 5.82 Å². The fourth-order valence-electron chi connectivity index (χ4n) is 1.53. The van der Waals surface area contributed by atoms with E-state index in [1.807, 2.05) is 0 Å². The van der Waals surface area contributed by atoms with Crippen LogP contribution >= 0.6 is 0 Å². The second-order valence-corrected chi connectivity index (χ2v) is 3.60. The van der Waals surface area contributed by atoms with Crippen LogP contribution < -0.4 is 0 Å². The first-order chi connectivity index (χ1) is 8.74. The first-order valence-corrected chi connectivity index (χ1v) is 5.09. The van der Waals surface area contributed by atoms with E-state index in [0.29, 0.717) is 11.4 Å². The van der Waals surface area contributed by atoms with Gasteiger partial charge in [0.25, 0.3) is 5.89 Å². The summed E-state index contributed by atoms with van der Waals surface area (Å²) in [7, 11) is 0. The minimum absolute atomic E-state index is 0.115. The molecule has 2 heterocycles. The van der Waals surface area contributed by atoms with E-state index in [2.05, 4.69) is 10.1 Å². The lowest BCUT2D eigenvalue weighted by molar-refractivity contribution is 0.424. The third-order valence-corrected chi connectivity index (χ3v) is 2.40. The number of phenolic OH excluding ortho intramolecular Hbond substituents is 1. The van der Waals surface area contributed by atoms with Gasteiger partial charge < -0.3 is 14.0 Å². The summed E-state index contributed by atoms with van der Waals surface area (Å²) in [5, 5.41) is 13.3. The maximum atomic E-state index is 12.9. The van der Waals surface area contributed by atoms with Crippen molar-refractivity contribution in [1.82, 2.24) is 10.1 Å². The van der Waals surface area contributed by atoms with Crippen molar-refractivity contribution in [3.05, 3.63) is 42.6 Å². The third-order valence-electron chi connectivity index (χ3n) is 2.40. The molecular formula is C12H7FN2O3. The van der Waals surface area contributed by atoms with Crippen LogP contribution in [-0.2, 0) is 0 Å². The molecule has 0 fully saturated rings. The molecule has 0 aliphatic carbocycles. The van der Waals surface area contributed by atoms with E-state index in [-0.39, 0.29) is 17.2 Å². The van der Waals surface area contributed by atoms with Crippen molar-refractivity contribution in [3.8, 4) is 28.6 Å². The lowest BCUT2D eigenvalue weighted by Gasteiger charge is -1.97. The van der Waals surface area contributed by atoms with Crippen LogP contribution in [-0.4, -0.2) is 15.2 Å². The number of rotatable bonds is 2. The Morgan fingerprint density at radius 1 is 1.22 bits per heavy atom. The third kappa shape index (κ3) is 1.73. The number of aromatic hydroxyl groups is 1. The van der Waals surface area contributed by atoms with Gasteiger partial charge in [-0.3, -0.25) is 0 Å².